The summed E-state index contributed by atoms with van der Waals surface area (Å²) in [5.41, 5.74) is 0. The lowest BCUT2D eigenvalue weighted by Gasteiger charge is -2.51. The molecule has 94 heavy (non-hydrogen) atoms. The van der Waals surface area contributed by atoms with Crippen molar-refractivity contribution < 1.29 is 133 Å². The van der Waals surface area contributed by atoms with Gasteiger partial charge >= 0.3 is 11.9 Å². The second-order valence-corrected chi connectivity index (χ2v) is 26.1. The molecule has 0 aromatic heterocycles. The van der Waals surface area contributed by atoms with E-state index in [2.05, 4.69) is 19.2 Å². The SMILES string of the molecule is CCCCCCCCCCCCC/C=C/[C@@H](O)[C@H](CO[C@@H]1OC(CO)[C@@H](O[C@@H]2OC(CO)[C@H](O)[C@H](O[C@]3(OC=O)C[C@@H](O)[C@@H](C)C([C@H](O)[C@@H](CO)O[C@]4(OC=O)C[C@@H](O)[C@@H](C)C([C@H](O)[C@H](O)CO)O4)O3)C2O)[C@H](O)C1O)NC(=O)CCCCCCCCCCCCCCC. The highest BCUT2D eigenvalue weighted by molar-refractivity contribution is 5.76. The Balaban J connectivity index is 1.45. The molecule has 0 spiro atoms. The molecule has 6 unspecified atom stereocenters. The summed E-state index contributed by atoms with van der Waals surface area (Å²) in [6.45, 7) is 2.35. The molecule has 0 radical (unpaired) electrons. The van der Waals surface area contributed by atoms with Crippen LogP contribution in [0.25, 0.3) is 0 Å². The highest BCUT2D eigenvalue weighted by atomic mass is 16.9. The number of rotatable bonds is 50. The average Bonchev–Trinajstić information content (AvgIpc) is 0.769. The third-order valence-electron chi connectivity index (χ3n) is 18.7. The van der Waals surface area contributed by atoms with Gasteiger partial charge in [0.1, 0.15) is 73.2 Å². The van der Waals surface area contributed by atoms with Gasteiger partial charge in [-0.05, 0) is 19.3 Å². The number of unbranched alkanes of at least 4 members (excludes halogenated alkanes) is 23. The molecule has 550 valence electrons. The zero-order chi connectivity index (χ0) is 69.2. The van der Waals surface area contributed by atoms with E-state index in [-0.39, 0.29) is 25.3 Å². The molecule has 0 bridgehead atoms. The third-order valence-corrected chi connectivity index (χ3v) is 18.7. The molecule has 0 aliphatic carbocycles. The molecule has 4 heterocycles. The van der Waals surface area contributed by atoms with Crippen LogP contribution in [0.4, 0.5) is 0 Å². The van der Waals surface area contributed by atoms with Gasteiger partial charge in [0.15, 0.2) is 12.6 Å². The Morgan fingerprint density at radius 2 is 1.04 bits per heavy atom. The van der Waals surface area contributed by atoms with E-state index in [1.807, 2.05) is 6.08 Å². The number of aliphatic hydroxyl groups is 14. The Morgan fingerprint density at radius 1 is 0.564 bits per heavy atom. The quantitative estimate of drug-likeness (QED) is 0.0179. The third kappa shape index (κ3) is 26.4. The molecule has 1 amide bonds. The second kappa shape index (κ2) is 45.1. The van der Waals surface area contributed by atoms with E-state index in [9.17, 15) is 85.9 Å². The summed E-state index contributed by atoms with van der Waals surface area (Å²) in [5, 5.41) is 158. The number of amides is 1. The van der Waals surface area contributed by atoms with Crippen LogP contribution in [-0.2, 0) is 61.8 Å². The summed E-state index contributed by atoms with van der Waals surface area (Å²) >= 11 is 0. The van der Waals surface area contributed by atoms with Crippen molar-refractivity contribution in [2.75, 3.05) is 33.0 Å². The van der Waals surface area contributed by atoms with Gasteiger partial charge in [0.25, 0.3) is 12.9 Å². The number of hydrogen-bond donors (Lipinski definition) is 15. The summed E-state index contributed by atoms with van der Waals surface area (Å²) in [7, 11) is 0. The van der Waals surface area contributed by atoms with Crippen molar-refractivity contribution in [3.8, 4) is 0 Å². The lowest BCUT2D eigenvalue weighted by atomic mass is 9.86. The number of aliphatic hydroxyl groups excluding tert-OH is 14. The van der Waals surface area contributed by atoms with E-state index >= 15 is 0 Å². The number of carbonyl (C=O) groups excluding carboxylic acids is 3. The molecule has 4 fully saturated rings. The Bertz CT molecular complexity index is 2050. The van der Waals surface area contributed by atoms with Crippen LogP contribution >= 0.6 is 0 Å². The predicted molar refractivity (Wildman–Crippen MR) is 336 cm³/mol. The van der Waals surface area contributed by atoms with Gasteiger partial charge < -0.3 is 124 Å². The molecule has 24 atom stereocenters. The maximum absolute atomic E-state index is 13.4. The molecule has 15 N–H and O–H groups in total. The van der Waals surface area contributed by atoms with Crippen LogP contribution in [0.1, 0.15) is 207 Å². The van der Waals surface area contributed by atoms with Crippen LogP contribution in [0.5, 0.6) is 0 Å². The fourth-order valence-electron chi connectivity index (χ4n) is 12.6. The lowest BCUT2D eigenvalue weighted by molar-refractivity contribution is -0.456. The van der Waals surface area contributed by atoms with E-state index in [1.54, 1.807) is 6.08 Å². The topological polar surface area (TPSA) is 439 Å². The summed E-state index contributed by atoms with van der Waals surface area (Å²) in [4.78, 5) is 37.6. The van der Waals surface area contributed by atoms with E-state index in [0.717, 1.165) is 51.4 Å². The molecule has 4 saturated heterocycles. The minimum atomic E-state index is -2.88. The van der Waals surface area contributed by atoms with Crippen LogP contribution < -0.4 is 5.32 Å². The van der Waals surface area contributed by atoms with Gasteiger partial charge in [-0.25, -0.2) is 0 Å². The van der Waals surface area contributed by atoms with Gasteiger partial charge in [0.2, 0.25) is 5.91 Å². The predicted octanol–water partition coefficient (Wildman–Crippen LogP) is 1.91. The zero-order valence-electron chi connectivity index (χ0n) is 55.9. The minimum absolute atomic E-state index is 0.163. The Morgan fingerprint density at radius 3 is 1.55 bits per heavy atom. The average molecular weight is 1360 g/mol. The molecule has 0 aromatic carbocycles. The van der Waals surface area contributed by atoms with Gasteiger partial charge in [0, 0.05) is 18.3 Å². The van der Waals surface area contributed by atoms with Gasteiger partial charge in [0.05, 0.1) is 82.4 Å². The first kappa shape index (κ1) is 83.7. The van der Waals surface area contributed by atoms with Crippen molar-refractivity contribution in [1.82, 2.24) is 5.32 Å². The van der Waals surface area contributed by atoms with Crippen LogP contribution in [-0.4, -0.2) is 258 Å². The Labute approximate surface area is 554 Å². The highest BCUT2D eigenvalue weighted by Gasteiger charge is 2.59. The molecule has 28 heteroatoms. The van der Waals surface area contributed by atoms with Gasteiger partial charge in [-0.15, -0.1) is 0 Å². The Kier molecular flexibility index (Phi) is 40.2. The van der Waals surface area contributed by atoms with Gasteiger partial charge in [-0.2, -0.15) is 0 Å². The number of allylic oxidation sites excluding steroid dienone is 1. The van der Waals surface area contributed by atoms with E-state index in [0.29, 0.717) is 12.8 Å². The number of carbonyl (C=O) groups is 3. The molecule has 0 aromatic rings. The lowest BCUT2D eigenvalue weighted by Crippen LogP contribution is -2.67. The number of ether oxygens (including phenoxy) is 10. The van der Waals surface area contributed by atoms with Crippen LogP contribution in [0.2, 0.25) is 0 Å². The van der Waals surface area contributed by atoms with Crippen molar-refractivity contribution in [2.24, 2.45) is 11.8 Å². The molecule has 0 saturated carbocycles. The normalized spacial score (nSPS) is 33.5. The highest BCUT2D eigenvalue weighted by Crippen LogP contribution is 2.43. The van der Waals surface area contributed by atoms with E-state index < -0.39 is 192 Å². The van der Waals surface area contributed by atoms with Crippen molar-refractivity contribution in [3.63, 3.8) is 0 Å². The molecule has 4 aliphatic rings. The zero-order valence-corrected chi connectivity index (χ0v) is 55.9. The fraction of sp³-hybridized carbons (Fsp3) is 0.924. The van der Waals surface area contributed by atoms with Gasteiger partial charge in [-0.1, -0.05) is 181 Å². The summed E-state index contributed by atoms with van der Waals surface area (Å²) in [6, 6.07) is -1.05. The second-order valence-electron chi connectivity index (χ2n) is 26.1. The largest absolute Gasteiger partial charge is 0.410 e. The fourth-order valence-corrected chi connectivity index (χ4v) is 12.6. The van der Waals surface area contributed by atoms with Crippen molar-refractivity contribution >= 4 is 18.9 Å². The van der Waals surface area contributed by atoms with Crippen LogP contribution in [0.15, 0.2) is 12.2 Å². The number of nitrogens with one attached hydrogen (secondary N) is 1. The molecule has 4 aliphatic heterocycles. The first-order valence-electron chi connectivity index (χ1n) is 34.9. The van der Waals surface area contributed by atoms with Crippen molar-refractivity contribution in [3.05, 3.63) is 12.2 Å². The smallest absolute Gasteiger partial charge is 0.332 e. The summed E-state index contributed by atoms with van der Waals surface area (Å²) in [6.07, 6.45) is -4.42. The monoisotopic (exact) mass is 1360 g/mol. The molecular formula is C66H119NO27. The first-order chi connectivity index (χ1) is 45.1. The maximum Gasteiger partial charge on any atom is 0.332 e. The molecule has 4 rings (SSSR count). The van der Waals surface area contributed by atoms with Crippen molar-refractivity contribution in [1.29, 1.82) is 0 Å². The number of hydrogen-bond acceptors (Lipinski definition) is 27. The minimum Gasteiger partial charge on any atom is -0.410 e. The van der Waals surface area contributed by atoms with Crippen LogP contribution in [0, 0.1) is 11.8 Å². The van der Waals surface area contributed by atoms with E-state index in [1.165, 1.54) is 110 Å². The van der Waals surface area contributed by atoms with Gasteiger partial charge in [-0.3, -0.25) is 14.4 Å². The van der Waals surface area contributed by atoms with Crippen molar-refractivity contribution in [2.45, 2.75) is 342 Å². The maximum atomic E-state index is 13.4. The molecular weight excluding hydrogens is 1240 g/mol. The summed E-state index contributed by atoms with van der Waals surface area (Å²) in [5.74, 6) is -8.10. The molecule has 28 nitrogen and oxygen atoms in total. The van der Waals surface area contributed by atoms with Crippen LogP contribution in [0.3, 0.4) is 0 Å². The standard InChI is InChI=1S/C66H119NO27/c1-5-7-9-11-13-15-17-19-21-23-25-27-29-31-45(74)44(67-52(78)32-30-28-26-24-22-20-18-16-14-12-10-8-6-2)39-85-63-57(83)56(82)61(51(38-71)89-63)90-64-58(84)62(54(80)49(36-69)88-64)94-66(87-41-73)34-47(76)43(4)60(93-66)55(81)50(37-70)91-65(86-40-72)33-46(75)42(3)59(92-65)53(79)48(77)35-68/h29,31,40-51,53-64,68-71,74-77,79-84H,5-28,30,32-39H2,1-4H3,(H,67,78)/b31-29+/t42-,43-,44+,45-,46-,47-,48-,49?,50-,51?,53-,54+,55-,56-,57?,58?,59?,60?,61-,62+,63-,64+,65-,66+/m1/s1. The van der Waals surface area contributed by atoms with E-state index in [4.69, 9.17) is 47.4 Å². The Hall–Kier alpha value is -2.73. The summed E-state index contributed by atoms with van der Waals surface area (Å²) < 4.78 is 57.6. The first-order valence-corrected chi connectivity index (χ1v) is 34.9.